The Morgan fingerprint density at radius 1 is 0.591 bits per heavy atom. The molecule has 0 bridgehead atoms. The molecular weight excluding hydrogens is 293 g/mol. The number of hydrogen-bond donors (Lipinski definition) is 0. The number of hydrogen-bond acceptors (Lipinski definition) is 3. The highest BCUT2D eigenvalue weighted by atomic mass is 31.2. The fraction of sp³-hybridized carbons (Fsp3) is 0. The van der Waals surface area contributed by atoms with Gasteiger partial charge in [0.1, 0.15) is 11.4 Å². The minimum atomic E-state index is -2.39. The van der Waals surface area contributed by atoms with Crippen LogP contribution in [-0.4, -0.2) is 0 Å². The van der Waals surface area contributed by atoms with Crippen LogP contribution in [-0.2, 0) is 0 Å². The van der Waals surface area contributed by atoms with Crippen molar-refractivity contribution in [1.29, 1.82) is 0 Å². The van der Waals surface area contributed by atoms with E-state index in [4.69, 9.17) is 9.05 Å². The second kappa shape index (κ2) is 4.25. The van der Waals surface area contributed by atoms with Crippen LogP contribution in [0.2, 0.25) is 0 Å². The molecule has 0 atom stereocenters. The maximum atomic E-state index is 6.40. The number of para-hydroxylation sites is 4. The summed E-state index contributed by atoms with van der Waals surface area (Å²) in [6, 6.07) is 26.5. The van der Waals surface area contributed by atoms with Gasteiger partial charge in [0, 0.05) is 0 Å². The van der Waals surface area contributed by atoms with E-state index in [1.807, 2.05) is 54.6 Å². The molecule has 5 rings (SSSR count). The van der Waals surface area contributed by atoms with Crippen molar-refractivity contribution in [2.24, 2.45) is 0 Å². The molecule has 0 N–H and O–H groups in total. The Balaban J connectivity index is 1.80. The first kappa shape index (κ1) is 12.1. The lowest BCUT2D eigenvalue weighted by molar-refractivity contribution is 0.501. The summed E-state index contributed by atoms with van der Waals surface area (Å²) in [5.74, 6) is 1.77. The second-order valence-electron chi connectivity index (χ2n) is 5.29. The van der Waals surface area contributed by atoms with Gasteiger partial charge in [-0.3, -0.25) is 9.05 Å². The molecule has 2 aliphatic rings. The van der Waals surface area contributed by atoms with Crippen LogP contribution in [0.15, 0.2) is 78.9 Å². The molecule has 106 valence electrons. The molecule has 0 aliphatic carbocycles. The SMILES string of the molecule is c1ccc([P+]23Oc4ccccc4N2c2ccccc2O3)cc1. The summed E-state index contributed by atoms with van der Waals surface area (Å²) in [6.07, 6.45) is 0. The van der Waals surface area contributed by atoms with Crippen LogP contribution < -0.4 is 19.0 Å². The second-order valence-corrected chi connectivity index (χ2v) is 7.61. The Hall–Kier alpha value is -2.51. The molecule has 3 aromatic carbocycles. The molecule has 0 fully saturated rings. The summed E-state index contributed by atoms with van der Waals surface area (Å²) in [4.78, 5) is 0. The lowest BCUT2D eigenvalue weighted by Gasteiger charge is -2.18. The molecular formula is C18H13NO2P+. The predicted octanol–water partition coefficient (Wildman–Crippen LogP) is 4.70. The van der Waals surface area contributed by atoms with Crippen molar-refractivity contribution in [3.8, 4) is 11.5 Å². The molecule has 3 aromatic rings. The number of rotatable bonds is 1. The van der Waals surface area contributed by atoms with Gasteiger partial charge in [0.15, 0.2) is 5.30 Å². The normalized spacial score (nSPS) is 16.3. The average Bonchev–Trinajstić information content (AvgIpc) is 3.07. The van der Waals surface area contributed by atoms with Crippen LogP contribution in [0.3, 0.4) is 0 Å². The molecule has 2 heterocycles. The van der Waals surface area contributed by atoms with Gasteiger partial charge in [0.05, 0.1) is 0 Å². The fourth-order valence-corrected chi connectivity index (χ4v) is 5.97. The Morgan fingerprint density at radius 3 is 1.68 bits per heavy atom. The van der Waals surface area contributed by atoms with Gasteiger partial charge in [-0.05, 0) is 36.4 Å². The van der Waals surface area contributed by atoms with Crippen LogP contribution in [0.4, 0.5) is 11.4 Å². The summed E-state index contributed by atoms with van der Waals surface area (Å²) in [6.45, 7) is 0. The van der Waals surface area contributed by atoms with Gasteiger partial charge >= 0.3 is 7.87 Å². The maximum Gasteiger partial charge on any atom is 0.498 e. The highest BCUT2D eigenvalue weighted by molar-refractivity contribution is 7.77. The number of fused-ring (bicyclic) bond motifs is 5. The van der Waals surface area contributed by atoms with Crippen molar-refractivity contribution in [2.75, 3.05) is 4.67 Å². The summed E-state index contributed by atoms with van der Waals surface area (Å²) in [7, 11) is -2.39. The van der Waals surface area contributed by atoms with Gasteiger partial charge in [-0.1, -0.05) is 42.5 Å². The maximum absolute atomic E-state index is 6.40. The van der Waals surface area contributed by atoms with Crippen LogP contribution in [0.5, 0.6) is 11.5 Å². The summed E-state index contributed by atoms with van der Waals surface area (Å²) in [5.41, 5.74) is 2.15. The zero-order chi connectivity index (χ0) is 14.6. The number of anilines is 2. The molecule has 0 unspecified atom stereocenters. The first-order valence-corrected chi connectivity index (χ1v) is 8.79. The van der Waals surface area contributed by atoms with Crippen LogP contribution in [0.25, 0.3) is 0 Å². The van der Waals surface area contributed by atoms with E-state index >= 15 is 0 Å². The third kappa shape index (κ3) is 1.44. The summed E-state index contributed by atoms with van der Waals surface area (Å²) < 4.78 is 15.0. The zero-order valence-corrected chi connectivity index (χ0v) is 12.6. The van der Waals surface area contributed by atoms with E-state index in [0.717, 1.165) is 28.2 Å². The van der Waals surface area contributed by atoms with E-state index in [0.29, 0.717) is 0 Å². The third-order valence-corrected chi connectivity index (χ3v) is 6.77. The Bertz CT molecular complexity index is 816. The summed E-state index contributed by atoms with van der Waals surface area (Å²) >= 11 is 0. The van der Waals surface area contributed by atoms with Crippen molar-refractivity contribution >= 4 is 24.5 Å². The van der Waals surface area contributed by atoms with Gasteiger partial charge in [0.2, 0.25) is 11.5 Å². The first-order chi connectivity index (χ1) is 10.9. The minimum Gasteiger partial charge on any atom is -0.276 e. The quantitative estimate of drug-likeness (QED) is 0.608. The Morgan fingerprint density at radius 2 is 1.09 bits per heavy atom. The van der Waals surface area contributed by atoms with E-state index in [1.54, 1.807) is 0 Å². The van der Waals surface area contributed by atoms with E-state index in [-0.39, 0.29) is 0 Å². The average molecular weight is 306 g/mol. The number of benzene rings is 3. The smallest absolute Gasteiger partial charge is 0.276 e. The monoisotopic (exact) mass is 306 g/mol. The van der Waals surface area contributed by atoms with Crippen molar-refractivity contribution in [3.05, 3.63) is 78.9 Å². The molecule has 22 heavy (non-hydrogen) atoms. The zero-order valence-electron chi connectivity index (χ0n) is 11.7. The molecule has 0 spiro atoms. The van der Waals surface area contributed by atoms with Crippen molar-refractivity contribution in [3.63, 3.8) is 0 Å². The van der Waals surface area contributed by atoms with Gasteiger partial charge in [-0.25, -0.2) is 0 Å². The lowest BCUT2D eigenvalue weighted by Crippen LogP contribution is -2.25. The molecule has 0 saturated carbocycles. The topological polar surface area (TPSA) is 21.7 Å². The highest BCUT2D eigenvalue weighted by Crippen LogP contribution is 2.77. The summed E-state index contributed by atoms with van der Waals surface area (Å²) in [5, 5.41) is 1.09. The Labute approximate surface area is 129 Å². The lowest BCUT2D eigenvalue weighted by atomic mass is 10.2. The standard InChI is InChI=1S/C18H13NO2P/c1-2-8-14(9-3-1)22-19(15-10-4-6-12-17(15)20-22)16-11-5-7-13-18(16)21-22/h1-13H/q+1. The van der Waals surface area contributed by atoms with Gasteiger partial charge < -0.3 is 0 Å². The van der Waals surface area contributed by atoms with Gasteiger partial charge in [-0.15, -0.1) is 4.67 Å². The largest absolute Gasteiger partial charge is 0.498 e. The van der Waals surface area contributed by atoms with Crippen molar-refractivity contribution in [1.82, 2.24) is 0 Å². The number of nitrogens with zero attached hydrogens (tertiary/aromatic N) is 1. The first-order valence-electron chi connectivity index (χ1n) is 7.21. The van der Waals surface area contributed by atoms with Crippen LogP contribution >= 0.6 is 7.87 Å². The third-order valence-electron chi connectivity index (χ3n) is 3.98. The molecule has 0 aromatic heterocycles. The molecule has 0 saturated heterocycles. The van der Waals surface area contributed by atoms with Crippen LogP contribution in [0.1, 0.15) is 0 Å². The van der Waals surface area contributed by atoms with E-state index in [2.05, 4.69) is 28.9 Å². The van der Waals surface area contributed by atoms with E-state index in [1.165, 1.54) is 0 Å². The van der Waals surface area contributed by atoms with Crippen molar-refractivity contribution in [2.45, 2.75) is 0 Å². The molecule has 2 aliphatic heterocycles. The predicted molar refractivity (Wildman–Crippen MR) is 89.3 cm³/mol. The van der Waals surface area contributed by atoms with Crippen molar-refractivity contribution < 1.29 is 9.05 Å². The van der Waals surface area contributed by atoms with E-state index in [9.17, 15) is 0 Å². The molecule has 3 nitrogen and oxygen atoms in total. The molecule has 0 amide bonds. The Kier molecular flexibility index (Phi) is 2.33. The molecule has 4 heteroatoms. The molecule has 0 radical (unpaired) electrons. The minimum absolute atomic E-state index is 0.884. The fourth-order valence-electron chi connectivity index (χ4n) is 3.04. The highest BCUT2D eigenvalue weighted by Gasteiger charge is 2.66. The van der Waals surface area contributed by atoms with Gasteiger partial charge in [-0.2, -0.15) is 0 Å². The van der Waals surface area contributed by atoms with Crippen LogP contribution in [0, 0.1) is 0 Å². The van der Waals surface area contributed by atoms with E-state index < -0.39 is 7.87 Å². The van der Waals surface area contributed by atoms with Gasteiger partial charge in [0.25, 0.3) is 0 Å².